The van der Waals surface area contributed by atoms with Gasteiger partial charge in [-0.25, -0.2) is 0 Å². The molecule has 0 bridgehead atoms. The molecule has 0 saturated heterocycles. The Hall–Kier alpha value is -4.00. The number of ether oxygens (including phenoxy) is 4. The number of amides is 1. The number of para-hydroxylation sites is 2. The molecule has 166 valence electrons. The molecule has 0 radical (unpaired) electrons. The monoisotopic (exact) mass is 435 g/mol. The lowest BCUT2D eigenvalue weighted by Gasteiger charge is -2.18. The van der Waals surface area contributed by atoms with E-state index in [4.69, 9.17) is 18.9 Å². The van der Waals surface area contributed by atoms with Gasteiger partial charge in [-0.1, -0.05) is 42.5 Å². The van der Waals surface area contributed by atoms with Gasteiger partial charge in [-0.3, -0.25) is 9.59 Å². The van der Waals surface area contributed by atoms with Crippen molar-refractivity contribution in [1.82, 2.24) is 0 Å². The van der Waals surface area contributed by atoms with Crippen molar-refractivity contribution in [2.75, 3.05) is 26.1 Å². The standard InChI is InChI=1S/C25H25NO6/c1-29-20-14-12-19(13-15-20)26-25(28)24(18-8-4-3-5-9-18)32-23(27)16-17-31-22-11-7-6-10-21(22)30-2/h3-15,24H,16-17H2,1-2H3,(H,26,28). The lowest BCUT2D eigenvalue weighted by Crippen LogP contribution is -2.26. The van der Waals surface area contributed by atoms with Crippen molar-refractivity contribution < 1.29 is 28.5 Å². The molecule has 0 heterocycles. The third-order valence-corrected chi connectivity index (χ3v) is 4.58. The van der Waals surface area contributed by atoms with Gasteiger partial charge < -0.3 is 24.3 Å². The Morgan fingerprint density at radius 2 is 1.47 bits per heavy atom. The zero-order valence-electron chi connectivity index (χ0n) is 17.9. The van der Waals surface area contributed by atoms with E-state index in [0.29, 0.717) is 28.5 Å². The van der Waals surface area contributed by atoms with Gasteiger partial charge in [-0.05, 0) is 36.4 Å². The molecule has 0 aliphatic rings. The maximum absolute atomic E-state index is 12.9. The minimum Gasteiger partial charge on any atom is -0.497 e. The van der Waals surface area contributed by atoms with Gasteiger partial charge in [0, 0.05) is 11.3 Å². The van der Waals surface area contributed by atoms with E-state index in [-0.39, 0.29) is 13.0 Å². The van der Waals surface area contributed by atoms with Gasteiger partial charge in [-0.2, -0.15) is 0 Å². The van der Waals surface area contributed by atoms with Gasteiger partial charge in [0.25, 0.3) is 5.91 Å². The van der Waals surface area contributed by atoms with Crippen LogP contribution in [0.3, 0.4) is 0 Å². The topological polar surface area (TPSA) is 83.1 Å². The summed E-state index contributed by atoms with van der Waals surface area (Å²) in [6.45, 7) is 0.0841. The third kappa shape index (κ3) is 6.25. The molecule has 3 aromatic carbocycles. The molecule has 7 nitrogen and oxygen atoms in total. The quantitative estimate of drug-likeness (QED) is 0.476. The van der Waals surface area contributed by atoms with E-state index in [1.165, 1.54) is 0 Å². The molecule has 1 amide bonds. The van der Waals surface area contributed by atoms with E-state index >= 15 is 0 Å². The number of methoxy groups -OCH3 is 2. The van der Waals surface area contributed by atoms with Crippen molar-refractivity contribution in [1.29, 1.82) is 0 Å². The summed E-state index contributed by atoms with van der Waals surface area (Å²) in [6.07, 6.45) is -1.13. The van der Waals surface area contributed by atoms with Crippen LogP contribution in [0.25, 0.3) is 0 Å². The van der Waals surface area contributed by atoms with Crippen LogP contribution >= 0.6 is 0 Å². The molecule has 0 aromatic heterocycles. The first-order valence-corrected chi connectivity index (χ1v) is 10.1. The molecule has 3 rings (SSSR count). The van der Waals surface area contributed by atoms with E-state index in [1.54, 1.807) is 74.9 Å². The number of esters is 1. The molecule has 0 aliphatic heterocycles. The summed E-state index contributed by atoms with van der Waals surface area (Å²) >= 11 is 0. The molecular weight excluding hydrogens is 410 g/mol. The number of hydrogen-bond donors (Lipinski definition) is 1. The summed E-state index contributed by atoms with van der Waals surface area (Å²) in [6, 6.07) is 22.9. The largest absolute Gasteiger partial charge is 0.497 e. The average Bonchev–Trinajstić information content (AvgIpc) is 2.83. The van der Waals surface area contributed by atoms with Gasteiger partial charge in [-0.15, -0.1) is 0 Å². The fourth-order valence-corrected chi connectivity index (χ4v) is 2.96. The molecule has 7 heteroatoms. The zero-order chi connectivity index (χ0) is 22.8. The van der Waals surface area contributed by atoms with Crippen molar-refractivity contribution in [3.8, 4) is 17.2 Å². The highest BCUT2D eigenvalue weighted by Crippen LogP contribution is 2.26. The maximum atomic E-state index is 12.9. The number of nitrogens with one attached hydrogen (secondary N) is 1. The average molecular weight is 435 g/mol. The van der Waals surface area contributed by atoms with E-state index in [1.807, 2.05) is 18.2 Å². The second kappa shape index (κ2) is 11.4. The SMILES string of the molecule is COc1ccc(NC(=O)C(OC(=O)CCOc2ccccc2OC)c2ccccc2)cc1. The Morgan fingerprint density at radius 3 is 2.12 bits per heavy atom. The Kier molecular flexibility index (Phi) is 8.09. The number of carbonyl (C=O) groups is 2. The van der Waals surface area contributed by atoms with Crippen molar-refractivity contribution in [2.45, 2.75) is 12.5 Å². The van der Waals surface area contributed by atoms with Crippen molar-refractivity contribution in [3.05, 3.63) is 84.4 Å². The summed E-state index contributed by atoms with van der Waals surface area (Å²) in [5.74, 6) is 0.754. The van der Waals surface area contributed by atoms with Crippen LogP contribution in [0.1, 0.15) is 18.1 Å². The van der Waals surface area contributed by atoms with Crippen LogP contribution in [0.15, 0.2) is 78.9 Å². The van der Waals surface area contributed by atoms with Gasteiger partial charge >= 0.3 is 5.97 Å². The van der Waals surface area contributed by atoms with Crippen LogP contribution in [0.5, 0.6) is 17.2 Å². The molecule has 0 saturated carbocycles. The number of rotatable bonds is 10. The van der Waals surface area contributed by atoms with E-state index < -0.39 is 18.0 Å². The highest BCUT2D eigenvalue weighted by atomic mass is 16.6. The van der Waals surface area contributed by atoms with Crippen molar-refractivity contribution in [2.24, 2.45) is 0 Å². The van der Waals surface area contributed by atoms with Gasteiger partial charge in [0.15, 0.2) is 11.5 Å². The van der Waals surface area contributed by atoms with Gasteiger partial charge in [0.05, 0.1) is 27.2 Å². The van der Waals surface area contributed by atoms with E-state index in [0.717, 1.165) is 0 Å². The molecule has 32 heavy (non-hydrogen) atoms. The number of carbonyl (C=O) groups excluding carboxylic acids is 2. The molecular formula is C25H25NO6. The highest BCUT2D eigenvalue weighted by Gasteiger charge is 2.25. The van der Waals surface area contributed by atoms with Crippen LogP contribution in [-0.4, -0.2) is 32.7 Å². The molecule has 1 unspecified atom stereocenters. The number of hydrogen-bond acceptors (Lipinski definition) is 6. The molecule has 0 spiro atoms. The van der Waals surface area contributed by atoms with Crippen LogP contribution in [-0.2, 0) is 14.3 Å². The summed E-state index contributed by atoms with van der Waals surface area (Å²) in [5.41, 5.74) is 1.13. The normalized spacial score (nSPS) is 11.2. The number of anilines is 1. The van der Waals surface area contributed by atoms with E-state index in [2.05, 4.69) is 5.32 Å². The molecule has 3 aromatic rings. The fraction of sp³-hybridized carbons (Fsp3) is 0.200. The summed E-state index contributed by atoms with van der Waals surface area (Å²) in [5, 5.41) is 2.77. The summed E-state index contributed by atoms with van der Waals surface area (Å²) in [4.78, 5) is 25.4. The van der Waals surface area contributed by atoms with Crippen LogP contribution in [0.2, 0.25) is 0 Å². The third-order valence-electron chi connectivity index (χ3n) is 4.58. The predicted octanol–water partition coefficient (Wildman–Crippen LogP) is 4.40. The molecule has 1 atom stereocenters. The second-order valence-corrected chi connectivity index (χ2v) is 6.75. The molecule has 1 N–H and O–H groups in total. The fourth-order valence-electron chi connectivity index (χ4n) is 2.96. The van der Waals surface area contributed by atoms with Crippen molar-refractivity contribution in [3.63, 3.8) is 0 Å². The summed E-state index contributed by atoms with van der Waals surface area (Å²) < 4.78 is 21.5. The lowest BCUT2D eigenvalue weighted by atomic mass is 10.1. The second-order valence-electron chi connectivity index (χ2n) is 6.75. The minimum absolute atomic E-state index is 0.0306. The Labute approximate surface area is 186 Å². The van der Waals surface area contributed by atoms with Crippen LogP contribution < -0.4 is 19.5 Å². The first-order valence-electron chi connectivity index (χ1n) is 10.1. The van der Waals surface area contributed by atoms with Crippen molar-refractivity contribution >= 4 is 17.6 Å². The van der Waals surface area contributed by atoms with Gasteiger partial charge in [0.1, 0.15) is 5.75 Å². The smallest absolute Gasteiger partial charge is 0.310 e. The first kappa shape index (κ1) is 22.7. The van der Waals surface area contributed by atoms with Crippen LogP contribution in [0.4, 0.5) is 5.69 Å². The number of benzene rings is 3. The predicted molar refractivity (Wildman–Crippen MR) is 120 cm³/mol. The van der Waals surface area contributed by atoms with Gasteiger partial charge in [0.2, 0.25) is 6.10 Å². The summed E-state index contributed by atoms with van der Waals surface area (Å²) in [7, 11) is 3.11. The van der Waals surface area contributed by atoms with E-state index in [9.17, 15) is 9.59 Å². The van der Waals surface area contributed by atoms with Crippen LogP contribution in [0, 0.1) is 0 Å². The lowest BCUT2D eigenvalue weighted by molar-refractivity contribution is -0.155. The molecule has 0 fully saturated rings. The highest BCUT2D eigenvalue weighted by molar-refractivity contribution is 5.96. The Morgan fingerprint density at radius 1 is 0.812 bits per heavy atom. The first-order chi connectivity index (χ1) is 15.6. The Bertz CT molecular complexity index is 1020. The maximum Gasteiger partial charge on any atom is 0.310 e. The Balaban J connectivity index is 1.63. The minimum atomic E-state index is -1.10. The zero-order valence-corrected chi connectivity index (χ0v) is 17.9. The molecule has 0 aliphatic carbocycles.